The summed E-state index contributed by atoms with van der Waals surface area (Å²) in [5.74, 6) is 0.112. The third-order valence-corrected chi connectivity index (χ3v) is 5.13. The second-order valence-electron chi connectivity index (χ2n) is 7.18. The molecule has 1 aliphatic heterocycles. The van der Waals surface area contributed by atoms with Crippen LogP contribution in [0.4, 0.5) is 0 Å². The molecule has 0 radical (unpaired) electrons. The Hall–Kier alpha value is -2.17. The molecule has 0 aliphatic carbocycles. The number of amides is 1. The molecule has 2 aromatic carbocycles. The Morgan fingerprint density at radius 2 is 1.69 bits per heavy atom. The van der Waals surface area contributed by atoms with Crippen LogP contribution in [0.5, 0.6) is 0 Å². The van der Waals surface area contributed by atoms with Gasteiger partial charge in [0.05, 0.1) is 6.04 Å². The van der Waals surface area contributed by atoms with Crippen molar-refractivity contribution in [2.75, 3.05) is 26.2 Å². The molecule has 2 aromatic rings. The lowest BCUT2D eigenvalue weighted by Crippen LogP contribution is -2.53. The molecule has 138 valence electrons. The predicted molar refractivity (Wildman–Crippen MR) is 106 cm³/mol. The van der Waals surface area contributed by atoms with Crippen LogP contribution in [0.25, 0.3) is 0 Å². The largest absolute Gasteiger partial charge is 0.351 e. The second-order valence-corrected chi connectivity index (χ2v) is 7.18. The van der Waals surface area contributed by atoms with Gasteiger partial charge in [0.1, 0.15) is 0 Å². The average molecular weight is 351 g/mol. The Labute approximate surface area is 156 Å². The molecule has 0 spiro atoms. The first kappa shape index (κ1) is 18.6. The van der Waals surface area contributed by atoms with Gasteiger partial charge in [-0.05, 0) is 25.0 Å². The maximum absolute atomic E-state index is 12.5. The molecule has 4 nitrogen and oxygen atoms in total. The fourth-order valence-electron chi connectivity index (χ4n) is 3.48. The second kappa shape index (κ2) is 8.97. The minimum atomic E-state index is -0.0835. The van der Waals surface area contributed by atoms with Crippen molar-refractivity contribution in [3.05, 3.63) is 71.3 Å². The van der Waals surface area contributed by atoms with Crippen LogP contribution in [0.15, 0.2) is 54.6 Å². The summed E-state index contributed by atoms with van der Waals surface area (Å²) in [5.41, 5.74) is 3.81. The van der Waals surface area contributed by atoms with Gasteiger partial charge < -0.3 is 5.32 Å². The van der Waals surface area contributed by atoms with E-state index < -0.39 is 0 Å². The van der Waals surface area contributed by atoms with Gasteiger partial charge in [-0.15, -0.1) is 0 Å². The summed E-state index contributed by atoms with van der Waals surface area (Å²) >= 11 is 0. The Morgan fingerprint density at radius 3 is 2.38 bits per heavy atom. The van der Waals surface area contributed by atoms with Gasteiger partial charge in [-0.1, -0.05) is 60.2 Å². The number of hydrogen-bond acceptors (Lipinski definition) is 3. The molecule has 0 bridgehead atoms. The number of hydrogen-bond donors (Lipinski definition) is 1. The smallest absolute Gasteiger partial charge is 0.237 e. The zero-order valence-corrected chi connectivity index (χ0v) is 15.8. The Balaban J connectivity index is 1.44. The molecular formula is C22H29N3O. The summed E-state index contributed by atoms with van der Waals surface area (Å²) < 4.78 is 0. The van der Waals surface area contributed by atoms with E-state index in [-0.39, 0.29) is 11.9 Å². The van der Waals surface area contributed by atoms with E-state index in [1.54, 1.807) is 0 Å². The van der Waals surface area contributed by atoms with Gasteiger partial charge in [0, 0.05) is 39.3 Å². The molecule has 26 heavy (non-hydrogen) atoms. The molecule has 1 amide bonds. The fraction of sp³-hybridized carbons (Fsp3) is 0.409. The Kier molecular flexibility index (Phi) is 6.42. The van der Waals surface area contributed by atoms with Crippen molar-refractivity contribution in [1.29, 1.82) is 0 Å². The molecule has 4 heteroatoms. The maximum atomic E-state index is 12.5. The molecule has 0 aromatic heterocycles. The molecule has 1 fully saturated rings. The third-order valence-electron chi connectivity index (χ3n) is 5.13. The number of aryl methyl sites for hydroxylation is 1. The van der Waals surface area contributed by atoms with Gasteiger partial charge in [-0.2, -0.15) is 0 Å². The minimum absolute atomic E-state index is 0.0835. The Morgan fingerprint density at radius 1 is 1.00 bits per heavy atom. The van der Waals surface area contributed by atoms with E-state index in [1.807, 2.05) is 37.3 Å². The van der Waals surface area contributed by atoms with Gasteiger partial charge in [0.2, 0.25) is 5.91 Å². The summed E-state index contributed by atoms with van der Waals surface area (Å²) in [6.45, 7) is 9.61. The van der Waals surface area contributed by atoms with Crippen molar-refractivity contribution in [3.63, 3.8) is 0 Å². The number of benzene rings is 2. The third kappa shape index (κ3) is 5.16. The molecule has 1 atom stereocenters. The monoisotopic (exact) mass is 351 g/mol. The van der Waals surface area contributed by atoms with E-state index in [1.165, 1.54) is 11.1 Å². The average Bonchev–Trinajstić information content (AvgIpc) is 2.67. The summed E-state index contributed by atoms with van der Waals surface area (Å²) in [6, 6.07) is 18.7. The number of nitrogens with one attached hydrogen (secondary N) is 1. The van der Waals surface area contributed by atoms with E-state index in [0.29, 0.717) is 6.54 Å². The van der Waals surface area contributed by atoms with Crippen LogP contribution in [0.2, 0.25) is 0 Å². The lowest BCUT2D eigenvalue weighted by atomic mass is 10.1. The number of rotatable bonds is 6. The molecule has 0 saturated carbocycles. The van der Waals surface area contributed by atoms with Crippen LogP contribution >= 0.6 is 0 Å². The lowest BCUT2D eigenvalue weighted by Gasteiger charge is -2.37. The van der Waals surface area contributed by atoms with Crippen molar-refractivity contribution in [3.8, 4) is 0 Å². The summed E-state index contributed by atoms with van der Waals surface area (Å²) in [5, 5.41) is 3.06. The van der Waals surface area contributed by atoms with Crippen molar-refractivity contribution in [2.45, 2.75) is 33.0 Å². The number of piperazine rings is 1. The van der Waals surface area contributed by atoms with Crippen LogP contribution in [-0.4, -0.2) is 47.9 Å². The SMILES string of the molecule is Cc1cccc(CN2CCN([C@H](C)C(=O)NCc3ccccc3)CC2)c1. The topological polar surface area (TPSA) is 35.6 Å². The van der Waals surface area contributed by atoms with E-state index in [0.717, 1.165) is 38.3 Å². The van der Waals surface area contributed by atoms with Crippen LogP contribution in [0.1, 0.15) is 23.6 Å². The van der Waals surface area contributed by atoms with Crippen LogP contribution < -0.4 is 5.32 Å². The summed E-state index contributed by atoms with van der Waals surface area (Å²) in [7, 11) is 0. The molecular weight excluding hydrogens is 322 g/mol. The maximum Gasteiger partial charge on any atom is 0.237 e. The predicted octanol–water partition coefficient (Wildman–Crippen LogP) is 2.82. The van der Waals surface area contributed by atoms with E-state index in [9.17, 15) is 4.79 Å². The molecule has 1 N–H and O–H groups in total. The summed E-state index contributed by atoms with van der Waals surface area (Å²) in [6.07, 6.45) is 0. The number of nitrogens with zero attached hydrogens (tertiary/aromatic N) is 2. The zero-order valence-electron chi connectivity index (χ0n) is 15.8. The standard InChI is InChI=1S/C22H29N3O/c1-18-7-6-10-21(15-18)17-24-11-13-25(14-12-24)19(2)22(26)23-16-20-8-4-3-5-9-20/h3-10,15,19H,11-14,16-17H2,1-2H3,(H,23,26)/t19-/m1/s1. The molecule has 3 rings (SSSR count). The van der Waals surface area contributed by atoms with Crippen LogP contribution in [0.3, 0.4) is 0 Å². The van der Waals surface area contributed by atoms with Gasteiger partial charge in [0.15, 0.2) is 0 Å². The minimum Gasteiger partial charge on any atom is -0.351 e. The van der Waals surface area contributed by atoms with Gasteiger partial charge in [0.25, 0.3) is 0 Å². The Bertz CT molecular complexity index is 708. The van der Waals surface area contributed by atoms with Crippen molar-refractivity contribution in [2.24, 2.45) is 0 Å². The quantitative estimate of drug-likeness (QED) is 0.869. The highest BCUT2D eigenvalue weighted by Crippen LogP contribution is 2.12. The highest BCUT2D eigenvalue weighted by molar-refractivity contribution is 5.81. The molecule has 1 saturated heterocycles. The van der Waals surface area contributed by atoms with E-state index in [4.69, 9.17) is 0 Å². The van der Waals surface area contributed by atoms with Gasteiger partial charge >= 0.3 is 0 Å². The van der Waals surface area contributed by atoms with E-state index in [2.05, 4.69) is 46.3 Å². The fourth-order valence-corrected chi connectivity index (χ4v) is 3.48. The van der Waals surface area contributed by atoms with Gasteiger partial charge in [-0.25, -0.2) is 0 Å². The van der Waals surface area contributed by atoms with E-state index >= 15 is 0 Å². The zero-order chi connectivity index (χ0) is 18.4. The lowest BCUT2D eigenvalue weighted by molar-refractivity contribution is -0.126. The normalized spacial score (nSPS) is 17.0. The van der Waals surface area contributed by atoms with Crippen molar-refractivity contribution < 1.29 is 4.79 Å². The molecule has 1 aliphatic rings. The first-order valence-electron chi connectivity index (χ1n) is 9.45. The highest BCUT2D eigenvalue weighted by Gasteiger charge is 2.25. The van der Waals surface area contributed by atoms with Crippen molar-refractivity contribution in [1.82, 2.24) is 15.1 Å². The molecule has 0 unspecified atom stereocenters. The van der Waals surface area contributed by atoms with Crippen LogP contribution in [0, 0.1) is 6.92 Å². The van der Waals surface area contributed by atoms with Gasteiger partial charge in [-0.3, -0.25) is 14.6 Å². The first-order chi connectivity index (χ1) is 12.6. The highest BCUT2D eigenvalue weighted by atomic mass is 16.2. The summed E-state index contributed by atoms with van der Waals surface area (Å²) in [4.78, 5) is 17.2. The number of carbonyl (C=O) groups is 1. The number of carbonyl (C=O) groups excluding carboxylic acids is 1. The van der Waals surface area contributed by atoms with Crippen molar-refractivity contribution >= 4 is 5.91 Å². The molecule has 1 heterocycles. The first-order valence-corrected chi connectivity index (χ1v) is 9.45. The van der Waals surface area contributed by atoms with Crippen LogP contribution in [-0.2, 0) is 17.9 Å².